The van der Waals surface area contributed by atoms with Crippen molar-refractivity contribution < 1.29 is 4.52 Å². The molecule has 2 rings (SSSR count). The van der Waals surface area contributed by atoms with Gasteiger partial charge in [0.1, 0.15) is 11.4 Å². The van der Waals surface area contributed by atoms with Gasteiger partial charge in [-0.25, -0.2) is 0 Å². The lowest BCUT2D eigenvalue weighted by atomic mass is 10.3. The predicted molar refractivity (Wildman–Crippen MR) is 47.9 cm³/mol. The first-order valence-corrected chi connectivity index (χ1v) is 3.89. The quantitative estimate of drug-likeness (QED) is 0.706. The summed E-state index contributed by atoms with van der Waals surface area (Å²) in [5.41, 5.74) is 7.90. The lowest BCUT2D eigenvalue weighted by Crippen LogP contribution is -1.92. The molecule has 0 radical (unpaired) electrons. The molecule has 2 heterocycles. The summed E-state index contributed by atoms with van der Waals surface area (Å²) in [6, 6.07) is 1.90. The smallest absolute Gasteiger partial charge is 0.209 e. The fourth-order valence-corrected chi connectivity index (χ4v) is 1.11. The number of rotatable bonds is 1. The van der Waals surface area contributed by atoms with Crippen molar-refractivity contribution in [2.75, 3.05) is 5.73 Å². The Hall–Kier alpha value is -1.78. The molecule has 0 aliphatic carbocycles. The van der Waals surface area contributed by atoms with Crippen molar-refractivity contribution in [1.29, 1.82) is 0 Å². The van der Waals surface area contributed by atoms with Crippen molar-refractivity contribution in [3.05, 3.63) is 18.0 Å². The van der Waals surface area contributed by atoms with Crippen LogP contribution in [0.2, 0.25) is 0 Å². The Kier molecular flexibility index (Phi) is 1.58. The van der Waals surface area contributed by atoms with Crippen LogP contribution in [-0.4, -0.2) is 14.9 Å². The normalized spacial score (nSPS) is 10.6. The van der Waals surface area contributed by atoms with Crippen LogP contribution in [0.3, 0.4) is 0 Å². The number of anilines is 1. The minimum Gasteiger partial charge on any atom is -0.394 e. The molecule has 0 aromatic carbocycles. The molecule has 0 saturated heterocycles. The van der Waals surface area contributed by atoms with Gasteiger partial charge in [0.2, 0.25) is 5.76 Å². The minimum atomic E-state index is 0.512. The van der Waals surface area contributed by atoms with Crippen LogP contribution in [0.15, 0.2) is 16.8 Å². The molecule has 13 heavy (non-hydrogen) atoms. The van der Waals surface area contributed by atoms with E-state index in [-0.39, 0.29) is 0 Å². The topological polar surface area (TPSA) is 69.9 Å². The molecule has 0 unspecified atom stereocenters. The van der Waals surface area contributed by atoms with Crippen LogP contribution >= 0.6 is 0 Å². The van der Waals surface area contributed by atoms with Gasteiger partial charge in [-0.2, -0.15) is 5.10 Å². The van der Waals surface area contributed by atoms with Crippen molar-refractivity contribution in [3.63, 3.8) is 0 Å². The maximum absolute atomic E-state index is 5.63. The molecular weight excluding hydrogens is 168 g/mol. The van der Waals surface area contributed by atoms with Gasteiger partial charge in [0.25, 0.3) is 0 Å². The van der Waals surface area contributed by atoms with E-state index in [2.05, 4.69) is 10.3 Å². The van der Waals surface area contributed by atoms with Gasteiger partial charge in [-0.15, -0.1) is 0 Å². The fourth-order valence-electron chi connectivity index (χ4n) is 1.11. The van der Waals surface area contributed by atoms with Gasteiger partial charge in [0.05, 0.1) is 6.20 Å². The lowest BCUT2D eigenvalue weighted by molar-refractivity contribution is 0.431. The Bertz CT molecular complexity index is 410. The zero-order valence-corrected chi connectivity index (χ0v) is 7.48. The predicted octanol–water partition coefficient (Wildman–Crippen LogP) is 0.966. The number of nitrogens with zero attached hydrogens (tertiary/aromatic N) is 3. The number of aryl methyl sites for hydroxylation is 2. The SMILES string of the molecule is Cc1cc(-c2oncc2N)nn1C. The Morgan fingerprint density at radius 2 is 2.31 bits per heavy atom. The molecule has 5 nitrogen and oxygen atoms in total. The summed E-state index contributed by atoms with van der Waals surface area (Å²) in [7, 11) is 1.87. The first kappa shape index (κ1) is 7.85. The molecule has 2 aromatic heterocycles. The van der Waals surface area contributed by atoms with Gasteiger partial charge < -0.3 is 10.3 Å². The second kappa shape index (κ2) is 2.62. The van der Waals surface area contributed by atoms with Crippen molar-refractivity contribution in [2.24, 2.45) is 7.05 Å². The zero-order chi connectivity index (χ0) is 9.42. The number of nitrogens with two attached hydrogens (primary N) is 1. The summed E-state index contributed by atoms with van der Waals surface area (Å²) < 4.78 is 6.73. The highest BCUT2D eigenvalue weighted by Gasteiger charge is 2.11. The molecule has 0 bridgehead atoms. The highest BCUT2D eigenvalue weighted by Crippen LogP contribution is 2.23. The Labute approximate surface area is 75.1 Å². The van der Waals surface area contributed by atoms with Gasteiger partial charge in [-0.1, -0.05) is 5.16 Å². The molecule has 5 heteroatoms. The Morgan fingerprint density at radius 3 is 2.77 bits per heavy atom. The molecule has 0 amide bonds. The van der Waals surface area contributed by atoms with Crippen LogP contribution in [0.4, 0.5) is 5.69 Å². The molecule has 2 aromatic rings. The second-order valence-electron chi connectivity index (χ2n) is 2.90. The number of hydrogen-bond donors (Lipinski definition) is 1. The van der Waals surface area contributed by atoms with E-state index in [0.717, 1.165) is 11.4 Å². The second-order valence-corrected chi connectivity index (χ2v) is 2.90. The van der Waals surface area contributed by atoms with Crippen LogP contribution in [-0.2, 0) is 7.05 Å². The molecule has 0 saturated carbocycles. The van der Waals surface area contributed by atoms with Gasteiger partial charge in [0, 0.05) is 12.7 Å². The van der Waals surface area contributed by atoms with Crippen molar-refractivity contribution in [3.8, 4) is 11.5 Å². The molecule has 2 N–H and O–H groups in total. The third-order valence-electron chi connectivity index (χ3n) is 1.94. The van der Waals surface area contributed by atoms with Crippen molar-refractivity contribution in [2.45, 2.75) is 6.92 Å². The summed E-state index contributed by atoms with van der Waals surface area (Å²) in [6.45, 7) is 1.96. The van der Waals surface area contributed by atoms with E-state index >= 15 is 0 Å². The summed E-state index contributed by atoms with van der Waals surface area (Å²) >= 11 is 0. The number of aromatic nitrogens is 3. The fraction of sp³-hybridized carbons (Fsp3) is 0.250. The zero-order valence-electron chi connectivity index (χ0n) is 7.48. The molecule has 0 atom stereocenters. The minimum absolute atomic E-state index is 0.512. The van der Waals surface area contributed by atoms with Crippen LogP contribution in [0.1, 0.15) is 5.69 Å². The molecule has 68 valence electrons. The van der Waals surface area contributed by atoms with Crippen LogP contribution in [0, 0.1) is 6.92 Å². The first-order chi connectivity index (χ1) is 6.18. The van der Waals surface area contributed by atoms with E-state index in [4.69, 9.17) is 10.3 Å². The summed E-state index contributed by atoms with van der Waals surface area (Å²) in [5.74, 6) is 0.531. The number of hydrogen-bond acceptors (Lipinski definition) is 4. The third-order valence-corrected chi connectivity index (χ3v) is 1.94. The Balaban J connectivity index is 2.53. The maximum Gasteiger partial charge on any atom is 0.209 e. The van der Waals surface area contributed by atoms with Crippen LogP contribution in [0.5, 0.6) is 0 Å². The Morgan fingerprint density at radius 1 is 1.54 bits per heavy atom. The van der Waals surface area contributed by atoms with E-state index in [1.807, 2.05) is 20.0 Å². The number of nitrogen functional groups attached to an aromatic ring is 1. The van der Waals surface area contributed by atoms with E-state index in [1.54, 1.807) is 4.68 Å². The first-order valence-electron chi connectivity index (χ1n) is 3.89. The van der Waals surface area contributed by atoms with Gasteiger partial charge >= 0.3 is 0 Å². The summed E-state index contributed by atoms with van der Waals surface area (Å²) in [5, 5.41) is 7.80. The van der Waals surface area contributed by atoms with Crippen molar-refractivity contribution >= 4 is 5.69 Å². The van der Waals surface area contributed by atoms with Gasteiger partial charge in [-0.3, -0.25) is 4.68 Å². The lowest BCUT2D eigenvalue weighted by Gasteiger charge is -1.90. The highest BCUT2D eigenvalue weighted by atomic mass is 16.5. The maximum atomic E-state index is 5.63. The standard InChI is InChI=1S/C8H10N4O/c1-5-3-7(11-12(5)2)8-6(9)4-10-13-8/h3-4H,9H2,1-2H3. The average molecular weight is 178 g/mol. The van der Waals surface area contributed by atoms with Crippen LogP contribution in [0.25, 0.3) is 11.5 Å². The summed E-state index contributed by atoms with van der Waals surface area (Å²) in [6.07, 6.45) is 1.47. The average Bonchev–Trinajstić information content (AvgIpc) is 2.60. The van der Waals surface area contributed by atoms with E-state index in [0.29, 0.717) is 11.4 Å². The molecule has 0 spiro atoms. The molecular formula is C8H10N4O. The molecule has 0 fully saturated rings. The highest BCUT2D eigenvalue weighted by molar-refractivity contribution is 5.66. The summed E-state index contributed by atoms with van der Waals surface area (Å²) in [4.78, 5) is 0. The van der Waals surface area contributed by atoms with E-state index in [9.17, 15) is 0 Å². The van der Waals surface area contributed by atoms with E-state index < -0.39 is 0 Å². The largest absolute Gasteiger partial charge is 0.394 e. The molecule has 0 aliphatic rings. The van der Waals surface area contributed by atoms with Gasteiger partial charge in [0.15, 0.2) is 0 Å². The van der Waals surface area contributed by atoms with Gasteiger partial charge in [-0.05, 0) is 13.0 Å². The van der Waals surface area contributed by atoms with Crippen molar-refractivity contribution in [1.82, 2.24) is 14.9 Å². The van der Waals surface area contributed by atoms with Crippen LogP contribution < -0.4 is 5.73 Å². The van der Waals surface area contributed by atoms with E-state index in [1.165, 1.54) is 6.20 Å². The third kappa shape index (κ3) is 1.18. The monoisotopic (exact) mass is 178 g/mol. The molecule has 0 aliphatic heterocycles.